The van der Waals surface area contributed by atoms with Gasteiger partial charge in [0.25, 0.3) is 0 Å². The van der Waals surface area contributed by atoms with E-state index in [1.165, 1.54) is 18.7 Å². The molecule has 2 saturated heterocycles. The van der Waals surface area contributed by atoms with Crippen LogP contribution in [-0.4, -0.2) is 55.2 Å². The van der Waals surface area contributed by atoms with Crippen molar-refractivity contribution < 1.29 is 4.74 Å². The van der Waals surface area contributed by atoms with Crippen LogP contribution in [0.2, 0.25) is 0 Å². The van der Waals surface area contributed by atoms with Gasteiger partial charge in [-0.1, -0.05) is 30.3 Å². The second kappa shape index (κ2) is 5.17. The number of piperazine rings is 1. The minimum Gasteiger partial charge on any atom is -0.378 e. The maximum atomic E-state index is 5.57. The van der Waals surface area contributed by atoms with Crippen molar-refractivity contribution in [1.29, 1.82) is 0 Å². The van der Waals surface area contributed by atoms with Gasteiger partial charge >= 0.3 is 0 Å². The molecule has 0 unspecified atom stereocenters. The summed E-state index contributed by atoms with van der Waals surface area (Å²) in [6.07, 6.45) is 0. The minimum absolute atomic E-state index is 0.612. The van der Waals surface area contributed by atoms with Gasteiger partial charge in [0, 0.05) is 38.8 Å². The van der Waals surface area contributed by atoms with Gasteiger partial charge in [-0.15, -0.1) is 0 Å². The van der Waals surface area contributed by atoms with Crippen molar-refractivity contribution in [3.8, 4) is 0 Å². The van der Waals surface area contributed by atoms with Gasteiger partial charge in [-0.25, -0.2) is 0 Å². The third-order valence-electron chi connectivity index (χ3n) is 3.77. The number of benzene rings is 1. The molecule has 2 aliphatic heterocycles. The average Bonchev–Trinajstić information content (AvgIpc) is 2.40. The fourth-order valence-electron chi connectivity index (χ4n) is 2.80. The molecule has 3 nitrogen and oxygen atoms in total. The monoisotopic (exact) mass is 232 g/mol. The van der Waals surface area contributed by atoms with Gasteiger partial charge < -0.3 is 4.74 Å². The molecular formula is C14H20N2O. The molecule has 0 N–H and O–H groups in total. The highest BCUT2D eigenvalue weighted by molar-refractivity contribution is 5.14. The summed E-state index contributed by atoms with van der Waals surface area (Å²) in [7, 11) is 0. The van der Waals surface area contributed by atoms with Crippen LogP contribution < -0.4 is 0 Å². The molecule has 0 bridgehead atoms. The van der Waals surface area contributed by atoms with Crippen LogP contribution in [0.5, 0.6) is 0 Å². The average molecular weight is 232 g/mol. The van der Waals surface area contributed by atoms with E-state index in [0.717, 1.165) is 32.8 Å². The van der Waals surface area contributed by atoms with E-state index in [-0.39, 0.29) is 0 Å². The Labute approximate surface area is 103 Å². The van der Waals surface area contributed by atoms with E-state index >= 15 is 0 Å². The van der Waals surface area contributed by atoms with E-state index in [1.54, 1.807) is 0 Å². The molecule has 1 aromatic carbocycles. The smallest absolute Gasteiger partial charge is 0.0634 e. The van der Waals surface area contributed by atoms with Crippen molar-refractivity contribution in [3.63, 3.8) is 0 Å². The molecule has 1 aromatic rings. The van der Waals surface area contributed by atoms with E-state index in [2.05, 4.69) is 40.1 Å². The molecule has 17 heavy (non-hydrogen) atoms. The second-order valence-corrected chi connectivity index (χ2v) is 4.99. The highest BCUT2D eigenvalue weighted by atomic mass is 16.5. The predicted molar refractivity (Wildman–Crippen MR) is 67.9 cm³/mol. The Morgan fingerprint density at radius 3 is 2.88 bits per heavy atom. The first-order valence-corrected chi connectivity index (χ1v) is 6.50. The van der Waals surface area contributed by atoms with Crippen molar-refractivity contribution in [2.24, 2.45) is 0 Å². The van der Waals surface area contributed by atoms with Crippen LogP contribution in [0.15, 0.2) is 30.3 Å². The lowest BCUT2D eigenvalue weighted by atomic mass is 10.1. The van der Waals surface area contributed by atoms with Gasteiger partial charge in [0.2, 0.25) is 0 Å². The number of hydrogen-bond donors (Lipinski definition) is 0. The Morgan fingerprint density at radius 1 is 1.12 bits per heavy atom. The molecule has 92 valence electrons. The van der Waals surface area contributed by atoms with Gasteiger partial charge in [0.05, 0.1) is 13.2 Å². The lowest BCUT2D eigenvalue weighted by Crippen LogP contribution is -2.57. The zero-order chi connectivity index (χ0) is 11.5. The Hall–Kier alpha value is -0.900. The quantitative estimate of drug-likeness (QED) is 0.762. The number of hydrogen-bond acceptors (Lipinski definition) is 3. The molecule has 1 atom stereocenters. The molecule has 0 spiro atoms. The van der Waals surface area contributed by atoms with E-state index in [0.29, 0.717) is 6.04 Å². The van der Waals surface area contributed by atoms with Crippen molar-refractivity contribution in [2.45, 2.75) is 12.6 Å². The van der Waals surface area contributed by atoms with Crippen LogP contribution in [0.1, 0.15) is 5.56 Å². The molecule has 3 heteroatoms. The number of ether oxygens (including phenoxy) is 1. The van der Waals surface area contributed by atoms with Crippen LogP contribution >= 0.6 is 0 Å². The van der Waals surface area contributed by atoms with Crippen molar-refractivity contribution in [2.75, 3.05) is 39.4 Å². The van der Waals surface area contributed by atoms with Gasteiger partial charge in [0.15, 0.2) is 0 Å². The molecule has 0 aromatic heterocycles. The summed E-state index contributed by atoms with van der Waals surface area (Å²) in [5.74, 6) is 0. The second-order valence-electron chi connectivity index (χ2n) is 4.99. The molecule has 0 amide bonds. The van der Waals surface area contributed by atoms with E-state index in [9.17, 15) is 0 Å². The lowest BCUT2D eigenvalue weighted by Gasteiger charge is -2.43. The van der Waals surface area contributed by atoms with Crippen molar-refractivity contribution in [1.82, 2.24) is 9.80 Å². The van der Waals surface area contributed by atoms with Gasteiger partial charge in [-0.05, 0) is 5.56 Å². The molecular weight excluding hydrogens is 212 g/mol. The SMILES string of the molecule is c1ccc(CN2CCN3CCOC[C@@H]3C2)cc1. The Morgan fingerprint density at radius 2 is 2.00 bits per heavy atom. The number of morpholine rings is 1. The molecule has 2 heterocycles. The molecule has 0 aliphatic carbocycles. The Kier molecular flexibility index (Phi) is 3.41. The largest absolute Gasteiger partial charge is 0.378 e. The first-order valence-electron chi connectivity index (χ1n) is 6.50. The predicted octanol–water partition coefficient (Wildman–Crippen LogP) is 1.20. The van der Waals surface area contributed by atoms with Gasteiger partial charge in [0.1, 0.15) is 0 Å². The molecule has 3 rings (SSSR count). The molecule has 0 saturated carbocycles. The summed E-state index contributed by atoms with van der Waals surface area (Å²) in [5, 5.41) is 0. The molecule has 2 aliphatic rings. The van der Waals surface area contributed by atoms with Crippen LogP contribution in [-0.2, 0) is 11.3 Å². The summed E-state index contributed by atoms with van der Waals surface area (Å²) in [6, 6.07) is 11.4. The molecule has 0 radical (unpaired) electrons. The first-order chi connectivity index (χ1) is 8.42. The zero-order valence-corrected chi connectivity index (χ0v) is 10.2. The Balaban J connectivity index is 1.59. The fourth-order valence-corrected chi connectivity index (χ4v) is 2.80. The van der Waals surface area contributed by atoms with E-state index in [1.807, 2.05) is 0 Å². The maximum absolute atomic E-state index is 5.57. The zero-order valence-electron chi connectivity index (χ0n) is 10.2. The lowest BCUT2D eigenvalue weighted by molar-refractivity contribution is -0.0461. The van der Waals surface area contributed by atoms with Crippen LogP contribution in [0.3, 0.4) is 0 Å². The van der Waals surface area contributed by atoms with Gasteiger partial charge in [-0.3, -0.25) is 9.80 Å². The van der Waals surface area contributed by atoms with E-state index in [4.69, 9.17) is 4.74 Å². The highest BCUT2D eigenvalue weighted by Gasteiger charge is 2.29. The van der Waals surface area contributed by atoms with Crippen molar-refractivity contribution in [3.05, 3.63) is 35.9 Å². The topological polar surface area (TPSA) is 15.7 Å². The fraction of sp³-hybridized carbons (Fsp3) is 0.571. The highest BCUT2D eigenvalue weighted by Crippen LogP contribution is 2.15. The summed E-state index contributed by atoms with van der Waals surface area (Å²) in [6.45, 7) is 7.54. The van der Waals surface area contributed by atoms with Crippen molar-refractivity contribution >= 4 is 0 Å². The van der Waals surface area contributed by atoms with E-state index < -0.39 is 0 Å². The first kappa shape index (κ1) is 11.2. The third-order valence-corrected chi connectivity index (χ3v) is 3.77. The minimum atomic E-state index is 0.612. The van der Waals surface area contributed by atoms with Crippen LogP contribution in [0.25, 0.3) is 0 Å². The summed E-state index contributed by atoms with van der Waals surface area (Å²) >= 11 is 0. The normalized spacial score (nSPS) is 26.7. The third kappa shape index (κ3) is 2.68. The summed E-state index contributed by atoms with van der Waals surface area (Å²) < 4.78 is 5.57. The number of nitrogens with zero attached hydrogens (tertiary/aromatic N) is 2. The van der Waals surface area contributed by atoms with Gasteiger partial charge in [-0.2, -0.15) is 0 Å². The molecule has 2 fully saturated rings. The number of rotatable bonds is 2. The Bertz CT molecular complexity index is 354. The summed E-state index contributed by atoms with van der Waals surface area (Å²) in [4.78, 5) is 5.12. The maximum Gasteiger partial charge on any atom is 0.0634 e. The van der Waals surface area contributed by atoms with Crippen LogP contribution in [0, 0.1) is 0 Å². The number of fused-ring (bicyclic) bond motifs is 1. The summed E-state index contributed by atoms with van der Waals surface area (Å²) in [5.41, 5.74) is 1.41. The standard InChI is InChI=1S/C14H20N2O/c1-2-4-13(5-3-1)10-15-6-7-16-8-9-17-12-14(16)11-15/h1-5,14H,6-12H2/t14-/m0/s1. The van der Waals surface area contributed by atoms with Crippen LogP contribution in [0.4, 0.5) is 0 Å².